The van der Waals surface area contributed by atoms with Crippen LogP contribution in [0.4, 0.5) is 0 Å². The second kappa shape index (κ2) is 6.89. The molecular formula is C8H20ClNO. The van der Waals surface area contributed by atoms with Crippen molar-refractivity contribution in [2.75, 3.05) is 19.7 Å². The van der Waals surface area contributed by atoms with E-state index < -0.39 is 0 Å². The van der Waals surface area contributed by atoms with E-state index in [2.05, 4.69) is 26.1 Å². The van der Waals surface area contributed by atoms with Crippen molar-refractivity contribution < 1.29 is 5.11 Å². The van der Waals surface area contributed by atoms with Crippen molar-refractivity contribution in [3.05, 3.63) is 0 Å². The average molecular weight is 182 g/mol. The molecule has 0 rings (SSSR count). The molecule has 11 heavy (non-hydrogen) atoms. The smallest absolute Gasteiger partial charge is 0.0555 e. The van der Waals surface area contributed by atoms with Crippen molar-refractivity contribution in [2.24, 2.45) is 5.41 Å². The van der Waals surface area contributed by atoms with E-state index in [0.29, 0.717) is 5.41 Å². The molecule has 0 aliphatic carbocycles. The van der Waals surface area contributed by atoms with E-state index >= 15 is 0 Å². The first-order valence-corrected chi connectivity index (χ1v) is 3.88. The largest absolute Gasteiger partial charge is 0.395 e. The Labute approximate surface area is 75.8 Å². The van der Waals surface area contributed by atoms with Gasteiger partial charge in [0.2, 0.25) is 0 Å². The average Bonchev–Trinajstić information content (AvgIpc) is 1.78. The number of nitrogens with one attached hydrogen (secondary N) is 1. The van der Waals surface area contributed by atoms with Crippen LogP contribution in [0, 0.1) is 5.41 Å². The lowest BCUT2D eigenvalue weighted by atomic mass is 9.92. The summed E-state index contributed by atoms with van der Waals surface area (Å²) in [5, 5.41) is 11.6. The second-order valence-corrected chi connectivity index (χ2v) is 3.78. The van der Waals surface area contributed by atoms with Gasteiger partial charge in [0.05, 0.1) is 6.61 Å². The summed E-state index contributed by atoms with van der Waals surface area (Å²) in [6.07, 6.45) is 1.16. The second-order valence-electron chi connectivity index (χ2n) is 3.78. The lowest BCUT2D eigenvalue weighted by molar-refractivity contribution is 0.285. The minimum atomic E-state index is 0. The lowest BCUT2D eigenvalue weighted by Crippen LogP contribution is -2.23. The third kappa shape index (κ3) is 13.2. The van der Waals surface area contributed by atoms with Crippen LogP contribution in [0.3, 0.4) is 0 Å². The van der Waals surface area contributed by atoms with Gasteiger partial charge in [0, 0.05) is 6.54 Å². The van der Waals surface area contributed by atoms with Crippen LogP contribution in [0.5, 0.6) is 0 Å². The maximum absolute atomic E-state index is 8.43. The quantitative estimate of drug-likeness (QED) is 0.644. The Morgan fingerprint density at radius 1 is 1.18 bits per heavy atom. The van der Waals surface area contributed by atoms with Crippen molar-refractivity contribution in [1.82, 2.24) is 5.32 Å². The molecule has 0 aromatic rings. The van der Waals surface area contributed by atoms with Gasteiger partial charge < -0.3 is 10.4 Å². The highest BCUT2D eigenvalue weighted by molar-refractivity contribution is 5.85. The van der Waals surface area contributed by atoms with Gasteiger partial charge in [-0.05, 0) is 18.4 Å². The third-order valence-corrected chi connectivity index (χ3v) is 1.34. The van der Waals surface area contributed by atoms with Crippen molar-refractivity contribution >= 4 is 12.4 Å². The normalized spacial score (nSPS) is 10.9. The zero-order chi connectivity index (χ0) is 8.04. The predicted molar refractivity (Wildman–Crippen MR) is 51.3 cm³/mol. The molecule has 0 fully saturated rings. The van der Waals surface area contributed by atoms with Gasteiger partial charge in [-0.15, -0.1) is 12.4 Å². The maximum atomic E-state index is 8.43. The number of hydrogen-bond acceptors (Lipinski definition) is 2. The first kappa shape index (κ1) is 13.8. The molecule has 2 N–H and O–H groups in total. The van der Waals surface area contributed by atoms with Crippen LogP contribution >= 0.6 is 12.4 Å². The highest BCUT2D eigenvalue weighted by Gasteiger charge is 2.07. The van der Waals surface area contributed by atoms with E-state index in [1.54, 1.807) is 0 Å². The number of aliphatic hydroxyl groups is 1. The first-order chi connectivity index (χ1) is 4.56. The number of halogens is 1. The molecule has 0 bridgehead atoms. The summed E-state index contributed by atoms with van der Waals surface area (Å²) in [6.45, 7) is 8.61. The molecule has 0 saturated heterocycles. The topological polar surface area (TPSA) is 32.3 Å². The van der Waals surface area contributed by atoms with E-state index in [4.69, 9.17) is 5.11 Å². The van der Waals surface area contributed by atoms with Gasteiger partial charge in [-0.1, -0.05) is 20.8 Å². The summed E-state index contributed by atoms with van der Waals surface area (Å²) >= 11 is 0. The summed E-state index contributed by atoms with van der Waals surface area (Å²) in [7, 11) is 0. The van der Waals surface area contributed by atoms with Gasteiger partial charge in [-0.25, -0.2) is 0 Å². The van der Waals surface area contributed by atoms with Crippen molar-refractivity contribution in [3.8, 4) is 0 Å². The van der Waals surface area contributed by atoms with Gasteiger partial charge in [0.1, 0.15) is 0 Å². The molecule has 0 unspecified atom stereocenters. The van der Waals surface area contributed by atoms with Gasteiger partial charge in [0.15, 0.2) is 0 Å². The summed E-state index contributed by atoms with van der Waals surface area (Å²) in [5.74, 6) is 0. The Balaban J connectivity index is 0. The monoisotopic (exact) mass is 181 g/mol. The molecule has 0 aromatic heterocycles. The molecule has 3 heteroatoms. The summed E-state index contributed by atoms with van der Waals surface area (Å²) < 4.78 is 0. The number of rotatable bonds is 4. The molecule has 0 radical (unpaired) electrons. The fourth-order valence-corrected chi connectivity index (χ4v) is 0.667. The Kier molecular flexibility index (Phi) is 8.63. The van der Waals surface area contributed by atoms with Crippen molar-refractivity contribution in [2.45, 2.75) is 27.2 Å². The standard InChI is InChI=1S/C8H19NO.ClH/c1-8(2,3)4-5-9-6-7-10;/h9-10H,4-7H2,1-3H3;1H. The minimum Gasteiger partial charge on any atom is -0.395 e. The third-order valence-electron chi connectivity index (χ3n) is 1.34. The van der Waals surface area contributed by atoms with Gasteiger partial charge in [0.25, 0.3) is 0 Å². The van der Waals surface area contributed by atoms with Crippen LogP contribution in [0.15, 0.2) is 0 Å². The van der Waals surface area contributed by atoms with E-state index in [-0.39, 0.29) is 19.0 Å². The summed E-state index contributed by atoms with van der Waals surface area (Å²) in [4.78, 5) is 0. The molecule has 0 spiro atoms. The highest BCUT2D eigenvalue weighted by atomic mass is 35.5. The molecule has 70 valence electrons. The molecule has 0 heterocycles. The van der Waals surface area contributed by atoms with E-state index in [0.717, 1.165) is 19.5 Å². The zero-order valence-electron chi connectivity index (χ0n) is 7.68. The van der Waals surface area contributed by atoms with Crippen LogP contribution < -0.4 is 5.32 Å². The molecule has 0 aliphatic heterocycles. The Morgan fingerprint density at radius 3 is 2.09 bits per heavy atom. The lowest BCUT2D eigenvalue weighted by Gasteiger charge is -2.17. The summed E-state index contributed by atoms with van der Waals surface area (Å²) in [6, 6.07) is 0. The van der Waals surface area contributed by atoms with Gasteiger partial charge in [-0.2, -0.15) is 0 Å². The molecule has 2 nitrogen and oxygen atoms in total. The molecule has 0 atom stereocenters. The van der Waals surface area contributed by atoms with Gasteiger partial charge in [-0.3, -0.25) is 0 Å². The Hall–Kier alpha value is 0.210. The predicted octanol–water partition coefficient (Wildman–Crippen LogP) is 1.43. The van der Waals surface area contributed by atoms with Gasteiger partial charge >= 0.3 is 0 Å². The molecule has 0 aliphatic rings. The van der Waals surface area contributed by atoms with E-state index in [1.165, 1.54) is 0 Å². The van der Waals surface area contributed by atoms with Crippen LogP contribution in [0.25, 0.3) is 0 Å². The van der Waals surface area contributed by atoms with Crippen LogP contribution in [-0.2, 0) is 0 Å². The first-order valence-electron chi connectivity index (χ1n) is 3.88. The highest BCUT2D eigenvalue weighted by Crippen LogP contribution is 2.16. The number of aliphatic hydroxyl groups excluding tert-OH is 1. The molecule has 0 aromatic carbocycles. The van der Waals surface area contributed by atoms with Crippen LogP contribution in [0.1, 0.15) is 27.2 Å². The Bertz CT molecular complexity index is 80.7. The number of hydrogen-bond donors (Lipinski definition) is 2. The molecular weight excluding hydrogens is 162 g/mol. The Morgan fingerprint density at radius 2 is 1.73 bits per heavy atom. The van der Waals surface area contributed by atoms with Crippen LogP contribution in [0.2, 0.25) is 0 Å². The van der Waals surface area contributed by atoms with Crippen LogP contribution in [-0.4, -0.2) is 24.8 Å². The SMILES string of the molecule is CC(C)(C)CCNCCO.Cl. The fourth-order valence-electron chi connectivity index (χ4n) is 0.667. The maximum Gasteiger partial charge on any atom is 0.0555 e. The van der Waals surface area contributed by atoms with E-state index in [1.807, 2.05) is 0 Å². The molecule has 0 saturated carbocycles. The van der Waals surface area contributed by atoms with E-state index in [9.17, 15) is 0 Å². The minimum absolute atomic E-state index is 0. The van der Waals surface area contributed by atoms with Crippen molar-refractivity contribution in [3.63, 3.8) is 0 Å². The summed E-state index contributed by atoms with van der Waals surface area (Å²) in [5.41, 5.74) is 0.405. The van der Waals surface area contributed by atoms with Crippen molar-refractivity contribution in [1.29, 1.82) is 0 Å². The fraction of sp³-hybridized carbons (Fsp3) is 1.00. The zero-order valence-corrected chi connectivity index (χ0v) is 8.50. The molecule has 0 amide bonds.